The van der Waals surface area contributed by atoms with Crippen LogP contribution in [0.2, 0.25) is 0 Å². The van der Waals surface area contributed by atoms with Gasteiger partial charge in [-0.2, -0.15) is 13.2 Å². The van der Waals surface area contributed by atoms with Crippen molar-refractivity contribution in [2.24, 2.45) is 0 Å². The lowest BCUT2D eigenvalue weighted by Gasteiger charge is -2.22. The minimum atomic E-state index is -4.46. The molecule has 2 aromatic heterocycles. The molecule has 0 saturated heterocycles. The summed E-state index contributed by atoms with van der Waals surface area (Å²) in [6.07, 6.45) is -2.64. The first kappa shape index (κ1) is 20.1. The van der Waals surface area contributed by atoms with E-state index < -0.39 is 11.7 Å². The van der Waals surface area contributed by atoms with E-state index in [0.717, 1.165) is 41.0 Å². The smallest absolute Gasteiger partial charge is 0.311 e. The van der Waals surface area contributed by atoms with E-state index in [9.17, 15) is 18.0 Å². The number of anilines is 1. The zero-order valence-electron chi connectivity index (χ0n) is 15.4. The predicted molar refractivity (Wildman–Crippen MR) is 107 cm³/mol. The fraction of sp³-hybridized carbons (Fsp3) is 0.316. The fourth-order valence-corrected chi connectivity index (χ4v) is 4.99. The third kappa shape index (κ3) is 4.23. The average molecular weight is 439 g/mol. The lowest BCUT2D eigenvalue weighted by Crippen LogP contribution is -2.33. The molecule has 1 unspecified atom stereocenters. The number of thioether (sulfide) groups is 2. The van der Waals surface area contributed by atoms with Gasteiger partial charge in [-0.1, -0.05) is 30.8 Å². The number of para-hydroxylation sites is 1. The van der Waals surface area contributed by atoms with Gasteiger partial charge in [-0.25, -0.2) is 0 Å². The van der Waals surface area contributed by atoms with Crippen LogP contribution in [0.3, 0.4) is 0 Å². The van der Waals surface area contributed by atoms with Gasteiger partial charge in [-0.05, 0) is 30.7 Å². The standard InChI is InChI=1S/C19H17F3N4OS2/c1-12-8-9-25(14-4-2-3-5-15(14)29-12)17(27)11-28-18-24-23-16-7-6-13(10-26(16)18)19(20,21)22/h2-7,10,12H,8-9,11H2,1H3. The van der Waals surface area contributed by atoms with Crippen molar-refractivity contribution in [3.8, 4) is 0 Å². The summed E-state index contributed by atoms with van der Waals surface area (Å²) in [5.74, 6) is -0.0504. The molecular formula is C19H17F3N4OS2. The summed E-state index contributed by atoms with van der Waals surface area (Å²) >= 11 is 2.83. The number of alkyl halides is 3. The Kier molecular flexibility index (Phi) is 5.48. The van der Waals surface area contributed by atoms with Crippen LogP contribution >= 0.6 is 23.5 Å². The maximum absolute atomic E-state index is 13.0. The Morgan fingerprint density at radius 3 is 2.83 bits per heavy atom. The summed E-state index contributed by atoms with van der Waals surface area (Å²) in [5.41, 5.74) is 0.390. The number of hydrogen-bond donors (Lipinski definition) is 0. The van der Waals surface area contributed by atoms with Crippen LogP contribution in [-0.2, 0) is 11.0 Å². The molecule has 5 nitrogen and oxygen atoms in total. The number of nitrogens with zero attached hydrogens (tertiary/aromatic N) is 4. The van der Waals surface area contributed by atoms with E-state index in [0.29, 0.717) is 17.4 Å². The quantitative estimate of drug-likeness (QED) is 0.552. The first-order chi connectivity index (χ1) is 13.8. The Balaban J connectivity index is 1.54. The van der Waals surface area contributed by atoms with Crippen LogP contribution in [0.1, 0.15) is 18.9 Å². The van der Waals surface area contributed by atoms with E-state index in [-0.39, 0.29) is 16.8 Å². The number of amides is 1. The topological polar surface area (TPSA) is 50.5 Å². The minimum Gasteiger partial charge on any atom is -0.311 e. The highest BCUT2D eigenvalue weighted by Crippen LogP contribution is 2.37. The van der Waals surface area contributed by atoms with Gasteiger partial charge in [0.2, 0.25) is 5.91 Å². The van der Waals surface area contributed by atoms with Crippen molar-refractivity contribution >= 4 is 40.8 Å². The van der Waals surface area contributed by atoms with Gasteiger partial charge in [0.1, 0.15) is 0 Å². The molecule has 0 radical (unpaired) electrons. The SMILES string of the molecule is CC1CCN(C(=O)CSc2nnc3ccc(C(F)(F)F)cn23)c2ccccc2S1. The van der Waals surface area contributed by atoms with Gasteiger partial charge in [0.15, 0.2) is 10.8 Å². The molecule has 29 heavy (non-hydrogen) atoms. The Bertz CT molecular complexity index is 1050. The van der Waals surface area contributed by atoms with E-state index >= 15 is 0 Å². The highest BCUT2D eigenvalue weighted by molar-refractivity contribution is 8.00. The summed E-state index contributed by atoms with van der Waals surface area (Å²) in [4.78, 5) is 15.7. The molecule has 0 fully saturated rings. The molecule has 3 aromatic rings. The highest BCUT2D eigenvalue weighted by Gasteiger charge is 2.31. The van der Waals surface area contributed by atoms with Crippen LogP contribution in [0, 0.1) is 0 Å². The summed E-state index contributed by atoms with van der Waals surface area (Å²) in [5, 5.41) is 8.48. The van der Waals surface area contributed by atoms with Crippen LogP contribution in [0.5, 0.6) is 0 Å². The number of benzene rings is 1. The maximum atomic E-state index is 13.0. The van der Waals surface area contributed by atoms with Crippen molar-refractivity contribution in [2.45, 2.75) is 34.8 Å². The molecule has 0 aliphatic carbocycles. The second-order valence-electron chi connectivity index (χ2n) is 6.65. The molecule has 1 aliphatic heterocycles. The molecule has 1 atom stereocenters. The molecule has 1 aliphatic rings. The predicted octanol–water partition coefficient (Wildman–Crippen LogP) is 4.76. The summed E-state index contributed by atoms with van der Waals surface area (Å²) < 4.78 is 40.3. The van der Waals surface area contributed by atoms with E-state index in [1.807, 2.05) is 24.3 Å². The Morgan fingerprint density at radius 1 is 1.24 bits per heavy atom. The molecule has 0 saturated carbocycles. The van der Waals surface area contributed by atoms with Crippen LogP contribution < -0.4 is 4.90 Å². The first-order valence-electron chi connectivity index (χ1n) is 8.94. The Hall–Kier alpha value is -2.20. The number of hydrogen-bond acceptors (Lipinski definition) is 5. The van der Waals surface area contributed by atoms with Crippen molar-refractivity contribution in [1.82, 2.24) is 14.6 Å². The molecule has 0 spiro atoms. The third-order valence-corrected chi connectivity index (χ3v) is 6.73. The molecule has 0 bridgehead atoms. The third-order valence-electron chi connectivity index (χ3n) is 4.57. The lowest BCUT2D eigenvalue weighted by atomic mass is 10.2. The van der Waals surface area contributed by atoms with Crippen LogP contribution in [-0.4, -0.2) is 38.1 Å². The molecule has 0 N–H and O–H groups in total. The Morgan fingerprint density at radius 2 is 2.03 bits per heavy atom. The van der Waals surface area contributed by atoms with Crippen molar-refractivity contribution in [3.63, 3.8) is 0 Å². The zero-order valence-corrected chi connectivity index (χ0v) is 17.0. The second-order valence-corrected chi connectivity index (χ2v) is 9.07. The second kappa shape index (κ2) is 7.91. The van der Waals surface area contributed by atoms with Crippen molar-refractivity contribution in [2.75, 3.05) is 17.2 Å². The van der Waals surface area contributed by atoms with E-state index in [1.165, 1.54) is 10.5 Å². The summed E-state index contributed by atoms with van der Waals surface area (Å²) in [6.45, 7) is 2.73. The first-order valence-corrected chi connectivity index (χ1v) is 10.8. The van der Waals surface area contributed by atoms with Gasteiger partial charge in [0, 0.05) is 22.9 Å². The molecule has 4 rings (SSSR count). The molecule has 1 aromatic carbocycles. The highest BCUT2D eigenvalue weighted by atomic mass is 32.2. The normalized spacial score (nSPS) is 17.2. The number of carbonyl (C=O) groups excluding carboxylic acids is 1. The number of rotatable bonds is 3. The van der Waals surface area contributed by atoms with Crippen LogP contribution in [0.15, 0.2) is 52.6 Å². The van der Waals surface area contributed by atoms with Crippen LogP contribution in [0.25, 0.3) is 5.65 Å². The zero-order chi connectivity index (χ0) is 20.6. The summed E-state index contributed by atoms with van der Waals surface area (Å²) in [7, 11) is 0. The average Bonchev–Trinajstić information content (AvgIpc) is 3.00. The van der Waals surface area contributed by atoms with E-state index in [1.54, 1.807) is 16.7 Å². The van der Waals surface area contributed by atoms with Gasteiger partial charge in [-0.15, -0.1) is 22.0 Å². The van der Waals surface area contributed by atoms with Gasteiger partial charge in [0.25, 0.3) is 0 Å². The Labute approximate surface area is 173 Å². The van der Waals surface area contributed by atoms with Gasteiger partial charge < -0.3 is 4.90 Å². The largest absolute Gasteiger partial charge is 0.417 e. The van der Waals surface area contributed by atoms with E-state index in [2.05, 4.69) is 17.1 Å². The maximum Gasteiger partial charge on any atom is 0.417 e. The van der Waals surface area contributed by atoms with E-state index in [4.69, 9.17) is 0 Å². The number of pyridine rings is 1. The van der Waals surface area contributed by atoms with Crippen molar-refractivity contribution < 1.29 is 18.0 Å². The molecule has 10 heteroatoms. The summed E-state index contributed by atoms with van der Waals surface area (Å²) in [6, 6.07) is 10.0. The van der Waals surface area contributed by atoms with Crippen LogP contribution in [0.4, 0.5) is 18.9 Å². The number of aromatic nitrogens is 3. The lowest BCUT2D eigenvalue weighted by molar-refractivity contribution is -0.137. The fourth-order valence-electron chi connectivity index (χ4n) is 3.09. The molecule has 3 heterocycles. The van der Waals surface area contributed by atoms with Crippen molar-refractivity contribution in [1.29, 1.82) is 0 Å². The number of fused-ring (bicyclic) bond motifs is 2. The monoisotopic (exact) mass is 438 g/mol. The number of carbonyl (C=O) groups is 1. The molecular weight excluding hydrogens is 421 g/mol. The number of halogens is 3. The van der Waals surface area contributed by atoms with Gasteiger partial charge in [0.05, 0.1) is 17.0 Å². The minimum absolute atomic E-state index is 0.0599. The van der Waals surface area contributed by atoms with Crippen molar-refractivity contribution in [3.05, 3.63) is 48.2 Å². The molecule has 1 amide bonds. The van der Waals surface area contributed by atoms with Gasteiger partial charge >= 0.3 is 6.18 Å². The van der Waals surface area contributed by atoms with Gasteiger partial charge in [-0.3, -0.25) is 9.20 Å². The molecule has 152 valence electrons.